The number of furan rings is 1. The molecule has 1 aliphatic rings. The van der Waals surface area contributed by atoms with Gasteiger partial charge in [0.15, 0.2) is 0 Å². The van der Waals surface area contributed by atoms with E-state index < -0.39 is 0 Å². The summed E-state index contributed by atoms with van der Waals surface area (Å²) in [7, 11) is 1.61. The summed E-state index contributed by atoms with van der Waals surface area (Å²) in [6, 6.07) is 10.1. The highest BCUT2D eigenvalue weighted by atomic mass is 19.1. The average Bonchev–Trinajstić information content (AvgIpc) is 3.16. The summed E-state index contributed by atoms with van der Waals surface area (Å²) in [5, 5.41) is 0.893. The van der Waals surface area contributed by atoms with Gasteiger partial charge in [-0.2, -0.15) is 0 Å². The van der Waals surface area contributed by atoms with E-state index in [1.54, 1.807) is 31.6 Å². The number of benzene rings is 2. The SMILES string of the molecule is COc1cc2occ(-c3ccc(F)cc3)c2cc1/C(C)=C/C(=O)N1CCCC(C)C1. The van der Waals surface area contributed by atoms with Gasteiger partial charge >= 0.3 is 0 Å². The molecule has 1 aliphatic heterocycles. The number of rotatable bonds is 4. The Hall–Kier alpha value is -3.08. The van der Waals surface area contributed by atoms with Crippen LogP contribution in [0.3, 0.4) is 0 Å². The van der Waals surface area contributed by atoms with Crippen molar-refractivity contribution in [3.05, 3.63) is 60.1 Å². The van der Waals surface area contributed by atoms with E-state index in [1.165, 1.54) is 18.6 Å². The van der Waals surface area contributed by atoms with Crippen LogP contribution < -0.4 is 4.74 Å². The van der Waals surface area contributed by atoms with Gasteiger partial charge in [-0.25, -0.2) is 4.39 Å². The van der Waals surface area contributed by atoms with Crippen molar-refractivity contribution in [1.82, 2.24) is 4.90 Å². The van der Waals surface area contributed by atoms with Gasteiger partial charge in [-0.1, -0.05) is 19.1 Å². The van der Waals surface area contributed by atoms with Crippen LogP contribution in [-0.2, 0) is 4.79 Å². The minimum Gasteiger partial charge on any atom is -0.496 e. The van der Waals surface area contributed by atoms with Crippen LogP contribution in [0.1, 0.15) is 32.3 Å². The number of piperidine rings is 1. The monoisotopic (exact) mass is 407 g/mol. The Bertz CT molecular complexity index is 1100. The quantitative estimate of drug-likeness (QED) is 0.505. The summed E-state index contributed by atoms with van der Waals surface area (Å²) in [6.45, 7) is 5.71. The standard InChI is InChI=1S/C25H26FNO3/c1-16-5-4-10-27(14-16)25(28)11-17(2)20-12-21-22(18-6-8-19(26)9-7-18)15-30-24(21)13-23(20)29-3/h6-9,11-13,15-16H,4-5,10,14H2,1-3H3/b17-11+. The molecule has 1 unspecified atom stereocenters. The topological polar surface area (TPSA) is 42.7 Å². The minimum atomic E-state index is -0.279. The van der Waals surface area contributed by atoms with Crippen molar-refractivity contribution < 1.29 is 18.3 Å². The van der Waals surface area contributed by atoms with E-state index in [2.05, 4.69) is 6.92 Å². The summed E-state index contributed by atoms with van der Waals surface area (Å²) in [4.78, 5) is 14.7. The highest BCUT2D eigenvalue weighted by molar-refractivity contribution is 6.00. The molecule has 1 aromatic heterocycles. The van der Waals surface area contributed by atoms with Gasteiger partial charge in [-0.3, -0.25) is 4.79 Å². The van der Waals surface area contributed by atoms with Gasteiger partial charge in [0, 0.05) is 41.7 Å². The van der Waals surface area contributed by atoms with Gasteiger partial charge < -0.3 is 14.1 Å². The van der Waals surface area contributed by atoms with Gasteiger partial charge in [0.05, 0.1) is 13.4 Å². The number of halogens is 1. The fraction of sp³-hybridized carbons (Fsp3) is 0.320. The van der Waals surface area contributed by atoms with Crippen molar-refractivity contribution in [1.29, 1.82) is 0 Å². The zero-order chi connectivity index (χ0) is 21.3. The Kier molecular flexibility index (Phi) is 5.62. The van der Waals surface area contributed by atoms with Crippen LogP contribution in [0.15, 0.2) is 53.2 Å². The Morgan fingerprint density at radius 1 is 1.27 bits per heavy atom. The van der Waals surface area contributed by atoms with Gasteiger partial charge in [0.2, 0.25) is 5.91 Å². The fourth-order valence-corrected chi connectivity index (χ4v) is 4.13. The van der Waals surface area contributed by atoms with Crippen molar-refractivity contribution >= 4 is 22.4 Å². The lowest BCUT2D eigenvalue weighted by atomic mass is 9.98. The van der Waals surface area contributed by atoms with Crippen molar-refractivity contribution in [2.45, 2.75) is 26.7 Å². The normalized spacial score (nSPS) is 17.4. The molecule has 0 radical (unpaired) electrons. The number of methoxy groups -OCH3 is 1. The molecule has 0 N–H and O–H groups in total. The second kappa shape index (κ2) is 8.34. The molecule has 0 spiro atoms. The predicted octanol–water partition coefficient (Wildman–Crippen LogP) is 5.91. The lowest BCUT2D eigenvalue weighted by Crippen LogP contribution is -2.38. The second-order valence-electron chi connectivity index (χ2n) is 8.06. The van der Waals surface area contributed by atoms with Crippen LogP contribution in [0, 0.1) is 11.7 Å². The smallest absolute Gasteiger partial charge is 0.246 e. The first-order valence-corrected chi connectivity index (χ1v) is 10.3. The molecule has 4 rings (SSSR count). The maximum atomic E-state index is 13.3. The van der Waals surface area contributed by atoms with Gasteiger partial charge in [-0.05, 0) is 55.0 Å². The number of carbonyl (C=O) groups is 1. The number of likely N-dealkylation sites (tertiary alicyclic amines) is 1. The lowest BCUT2D eigenvalue weighted by molar-refractivity contribution is -0.127. The van der Waals surface area contributed by atoms with Crippen molar-refractivity contribution in [3.8, 4) is 16.9 Å². The first-order valence-electron chi connectivity index (χ1n) is 10.3. The highest BCUT2D eigenvalue weighted by Crippen LogP contribution is 2.37. The molecule has 5 heteroatoms. The lowest BCUT2D eigenvalue weighted by Gasteiger charge is -2.30. The summed E-state index contributed by atoms with van der Waals surface area (Å²) in [5.74, 6) is 0.938. The molecule has 0 aliphatic carbocycles. The number of hydrogen-bond donors (Lipinski definition) is 0. The van der Waals surface area contributed by atoms with Gasteiger partial charge in [-0.15, -0.1) is 0 Å². The molecule has 2 heterocycles. The minimum absolute atomic E-state index is 0.0344. The van der Waals surface area contributed by atoms with E-state index in [4.69, 9.17) is 9.15 Å². The molecule has 156 valence electrons. The molecule has 1 fully saturated rings. The largest absolute Gasteiger partial charge is 0.496 e. The Morgan fingerprint density at radius 2 is 2.03 bits per heavy atom. The van der Waals surface area contributed by atoms with Crippen LogP contribution >= 0.6 is 0 Å². The van der Waals surface area contributed by atoms with Crippen molar-refractivity contribution in [3.63, 3.8) is 0 Å². The third-order valence-electron chi connectivity index (χ3n) is 5.78. The first-order chi connectivity index (χ1) is 14.5. The number of fused-ring (bicyclic) bond motifs is 1. The fourth-order valence-electron chi connectivity index (χ4n) is 4.13. The molecular formula is C25H26FNO3. The number of ether oxygens (including phenoxy) is 1. The summed E-state index contributed by atoms with van der Waals surface area (Å²) in [6.07, 6.45) is 5.58. The number of amides is 1. The molecule has 1 amide bonds. The molecule has 0 saturated carbocycles. The number of allylic oxidation sites excluding steroid dienone is 1. The van der Waals surface area contributed by atoms with Crippen LogP contribution in [0.2, 0.25) is 0 Å². The Morgan fingerprint density at radius 3 is 2.73 bits per heavy atom. The molecular weight excluding hydrogens is 381 g/mol. The second-order valence-corrected chi connectivity index (χ2v) is 8.06. The molecule has 4 nitrogen and oxygen atoms in total. The summed E-state index contributed by atoms with van der Waals surface area (Å²) < 4.78 is 24.6. The Balaban J connectivity index is 1.72. The maximum Gasteiger partial charge on any atom is 0.246 e. The zero-order valence-corrected chi connectivity index (χ0v) is 17.6. The molecule has 0 bridgehead atoms. The molecule has 2 aromatic carbocycles. The maximum absolute atomic E-state index is 13.3. The zero-order valence-electron chi connectivity index (χ0n) is 17.6. The summed E-state index contributed by atoms with van der Waals surface area (Å²) >= 11 is 0. The number of carbonyl (C=O) groups excluding carboxylic acids is 1. The summed E-state index contributed by atoms with van der Waals surface area (Å²) in [5.41, 5.74) is 4.10. The van der Waals surface area contributed by atoms with E-state index in [-0.39, 0.29) is 11.7 Å². The van der Waals surface area contributed by atoms with E-state index in [0.717, 1.165) is 47.2 Å². The van der Waals surface area contributed by atoms with Crippen LogP contribution in [-0.4, -0.2) is 31.0 Å². The van der Waals surface area contributed by atoms with Crippen molar-refractivity contribution in [2.75, 3.05) is 20.2 Å². The van der Waals surface area contributed by atoms with Gasteiger partial charge in [0.1, 0.15) is 17.1 Å². The van der Waals surface area contributed by atoms with Gasteiger partial charge in [0.25, 0.3) is 0 Å². The molecule has 3 aromatic rings. The molecule has 30 heavy (non-hydrogen) atoms. The third-order valence-corrected chi connectivity index (χ3v) is 5.78. The number of hydrogen-bond acceptors (Lipinski definition) is 3. The molecule has 1 atom stereocenters. The molecule has 1 saturated heterocycles. The number of nitrogens with zero attached hydrogens (tertiary/aromatic N) is 1. The average molecular weight is 407 g/mol. The van der Waals surface area contributed by atoms with Crippen LogP contribution in [0.4, 0.5) is 4.39 Å². The van der Waals surface area contributed by atoms with Crippen LogP contribution in [0.25, 0.3) is 27.7 Å². The van der Waals surface area contributed by atoms with Crippen molar-refractivity contribution in [2.24, 2.45) is 5.92 Å². The first kappa shape index (κ1) is 20.2. The predicted molar refractivity (Wildman–Crippen MR) is 117 cm³/mol. The van der Waals surface area contributed by atoms with E-state index in [1.807, 2.05) is 24.0 Å². The van der Waals surface area contributed by atoms with Crippen LogP contribution in [0.5, 0.6) is 5.75 Å². The van der Waals surface area contributed by atoms with E-state index >= 15 is 0 Å². The highest BCUT2D eigenvalue weighted by Gasteiger charge is 2.21. The third kappa shape index (κ3) is 3.97. The van der Waals surface area contributed by atoms with E-state index in [0.29, 0.717) is 17.3 Å². The Labute approximate surface area is 175 Å². The van der Waals surface area contributed by atoms with E-state index in [9.17, 15) is 9.18 Å².